The van der Waals surface area contributed by atoms with Gasteiger partial charge >= 0.3 is 0 Å². The van der Waals surface area contributed by atoms with Crippen LogP contribution in [0.5, 0.6) is 0 Å². The summed E-state index contributed by atoms with van der Waals surface area (Å²) in [6.07, 6.45) is 3.07. The quantitative estimate of drug-likeness (QED) is 0.561. The molecule has 4 bridgehead atoms. The topological polar surface area (TPSA) is 40.5 Å². The SMILES string of the molecule is CC1(O)C2CC3C(O)CC2CC31. The second kappa shape index (κ2) is 1.88. The van der Waals surface area contributed by atoms with Crippen molar-refractivity contribution in [3.63, 3.8) is 0 Å². The van der Waals surface area contributed by atoms with Crippen LogP contribution in [-0.4, -0.2) is 21.9 Å². The number of aliphatic hydroxyl groups excluding tert-OH is 1. The van der Waals surface area contributed by atoms with Crippen molar-refractivity contribution >= 4 is 0 Å². The monoisotopic (exact) mass is 168 g/mol. The maximum Gasteiger partial charge on any atom is 0.0682 e. The van der Waals surface area contributed by atoms with E-state index in [1.54, 1.807) is 0 Å². The first kappa shape index (κ1) is 7.34. The lowest BCUT2D eigenvalue weighted by atomic mass is 9.69. The van der Waals surface area contributed by atoms with Gasteiger partial charge in [0.1, 0.15) is 0 Å². The number of hydrogen-bond donors (Lipinski definition) is 2. The Labute approximate surface area is 72.6 Å². The van der Waals surface area contributed by atoms with Gasteiger partial charge < -0.3 is 10.2 Å². The predicted molar refractivity (Wildman–Crippen MR) is 44.4 cm³/mol. The van der Waals surface area contributed by atoms with Gasteiger partial charge in [0.25, 0.3) is 0 Å². The third-order valence-corrected chi connectivity index (χ3v) is 4.71. The Morgan fingerprint density at radius 1 is 1.17 bits per heavy atom. The van der Waals surface area contributed by atoms with E-state index in [0.717, 1.165) is 12.8 Å². The van der Waals surface area contributed by atoms with Crippen LogP contribution >= 0.6 is 0 Å². The molecule has 0 aromatic rings. The second-order valence-corrected chi connectivity index (χ2v) is 5.14. The number of rotatable bonds is 0. The fourth-order valence-electron chi connectivity index (χ4n) is 4.15. The van der Waals surface area contributed by atoms with Crippen LogP contribution in [0.2, 0.25) is 0 Å². The van der Waals surface area contributed by atoms with E-state index in [-0.39, 0.29) is 6.10 Å². The molecule has 4 fully saturated rings. The molecule has 0 aromatic carbocycles. The number of fused-ring (bicyclic) bond motifs is 1. The second-order valence-electron chi connectivity index (χ2n) is 5.14. The van der Waals surface area contributed by atoms with Crippen molar-refractivity contribution in [2.24, 2.45) is 23.7 Å². The molecule has 2 nitrogen and oxygen atoms in total. The van der Waals surface area contributed by atoms with Crippen molar-refractivity contribution in [2.45, 2.75) is 37.9 Å². The highest BCUT2D eigenvalue weighted by atomic mass is 16.3. The summed E-state index contributed by atoms with van der Waals surface area (Å²) in [5.41, 5.74) is -0.452. The standard InChI is InChI=1S/C10H16O2/c1-10(12)7-4-6-8(10)2-5(7)3-9(6)11/h5-9,11-12H,2-4H2,1H3. The normalized spacial score (nSPS) is 67.8. The Bertz CT molecular complexity index is 224. The number of aliphatic hydroxyl groups is 2. The lowest BCUT2D eigenvalue weighted by Gasteiger charge is -2.38. The Kier molecular flexibility index (Phi) is 1.15. The first-order chi connectivity index (χ1) is 5.60. The van der Waals surface area contributed by atoms with Gasteiger partial charge in [-0.05, 0) is 49.9 Å². The largest absolute Gasteiger partial charge is 0.393 e. The molecular formula is C10H16O2. The minimum atomic E-state index is -0.452. The Balaban J connectivity index is 2.03. The van der Waals surface area contributed by atoms with E-state index in [1.807, 2.05) is 6.92 Å². The molecule has 2 N–H and O–H groups in total. The summed E-state index contributed by atoms with van der Waals surface area (Å²) in [4.78, 5) is 0. The molecule has 0 aromatic heterocycles. The molecule has 12 heavy (non-hydrogen) atoms. The maximum absolute atomic E-state index is 10.2. The summed E-state index contributed by atoms with van der Waals surface area (Å²) in [7, 11) is 0. The molecule has 68 valence electrons. The van der Waals surface area contributed by atoms with Gasteiger partial charge in [-0.2, -0.15) is 0 Å². The molecule has 4 saturated carbocycles. The molecule has 0 spiro atoms. The average Bonchev–Trinajstić information content (AvgIpc) is 2.36. The van der Waals surface area contributed by atoms with Gasteiger partial charge in [-0.1, -0.05) is 0 Å². The van der Waals surface area contributed by atoms with E-state index in [9.17, 15) is 10.2 Å². The molecule has 0 aliphatic heterocycles. The summed E-state index contributed by atoms with van der Waals surface area (Å²) in [5.74, 6) is 1.92. The van der Waals surface area contributed by atoms with E-state index in [0.29, 0.717) is 23.7 Å². The summed E-state index contributed by atoms with van der Waals surface area (Å²) in [5, 5.41) is 19.9. The van der Waals surface area contributed by atoms with Gasteiger partial charge in [0.05, 0.1) is 11.7 Å². The van der Waals surface area contributed by atoms with Gasteiger partial charge in [0.15, 0.2) is 0 Å². The Morgan fingerprint density at radius 2 is 1.92 bits per heavy atom. The van der Waals surface area contributed by atoms with Crippen LogP contribution in [-0.2, 0) is 0 Å². The molecule has 6 atom stereocenters. The third-order valence-electron chi connectivity index (χ3n) is 4.71. The van der Waals surface area contributed by atoms with Gasteiger partial charge in [0, 0.05) is 0 Å². The lowest BCUT2D eigenvalue weighted by molar-refractivity contribution is -0.0127. The molecule has 4 rings (SSSR count). The first-order valence-corrected chi connectivity index (χ1v) is 5.01. The maximum atomic E-state index is 10.2. The van der Waals surface area contributed by atoms with E-state index in [4.69, 9.17) is 0 Å². The molecule has 0 heterocycles. The fraction of sp³-hybridized carbons (Fsp3) is 1.00. The number of hydrogen-bond acceptors (Lipinski definition) is 2. The summed E-state index contributed by atoms with van der Waals surface area (Å²) < 4.78 is 0. The zero-order chi connectivity index (χ0) is 8.51. The van der Waals surface area contributed by atoms with Crippen molar-refractivity contribution in [1.82, 2.24) is 0 Å². The minimum absolute atomic E-state index is 0.112. The minimum Gasteiger partial charge on any atom is -0.393 e. The molecule has 4 aliphatic carbocycles. The van der Waals surface area contributed by atoms with E-state index < -0.39 is 5.60 Å². The first-order valence-electron chi connectivity index (χ1n) is 5.01. The lowest BCUT2D eigenvalue weighted by Crippen LogP contribution is -2.37. The van der Waals surface area contributed by atoms with Crippen LogP contribution in [0.4, 0.5) is 0 Å². The zero-order valence-corrected chi connectivity index (χ0v) is 7.40. The highest BCUT2D eigenvalue weighted by molar-refractivity contribution is 5.14. The van der Waals surface area contributed by atoms with E-state index in [1.165, 1.54) is 6.42 Å². The fourth-order valence-corrected chi connectivity index (χ4v) is 4.15. The smallest absolute Gasteiger partial charge is 0.0682 e. The van der Waals surface area contributed by atoms with Crippen molar-refractivity contribution < 1.29 is 10.2 Å². The van der Waals surface area contributed by atoms with Crippen LogP contribution in [0, 0.1) is 23.7 Å². The van der Waals surface area contributed by atoms with Crippen molar-refractivity contribution in [2.75, 3.05) is 0 Å². The average molecular weight is 168 g/mol. The summed E-state index contributed by atoms with van der Waals surface area (Å²) >= 11 is 0. The molecule has 6 unspecified atom stereocenters. The van der Waals surface area contributed by atoms with Gasteiger partial charge in [-0.15, -0.1) is 0 Å². The Hall–Kier alpha value is -0.0800. The van der Waals surface area contributed by atoms with Crippen LogP contribution in [0.15, 0.2) is 0 Å². The van der Waals surface area contributed by atoms with Crippen molar-refractivity contribution in [1.29, 1.82) is 0 Å². The molecule has 2 heteroatoms. The van der Waals surface area contributed by atoms with Crippen LogP contribution in [0.1, 0.15) is 26.2 Å². The zero-order valence-electron chi connectivity index (χ0n) is 7.40. The third kappa shape index (κ3) is 0.612. The van der Waals surface area contributed by atoms with Crippen LogP contribution in [0.25, 0.3) is 0 Å². The van der Waals surface area contributed by atoms with Gasteiger partial charge in [-0.25, -0.2) is 0 Å². The molecule has 4 aliphatic rings. The Morgan fingerprint density at radius 3 is 2.33 bits per heavy atom. The van der Waals surface area contributed by atoms with Crippen LogP contribution in [0.3, 0.4) is 0 Å². The summed E-state index contributed by atoms with van der Waals surface area (Å²) in [6, 6.07) is 0. The van der Waals surface area contributed by atoms with Crippen LogP contribution < -0.4 is 0 Å². The predicted octanol–water partition coefficient (Wildman–Crippen LogP) is 0.774. The van der Waals surface area contributed by atoms with E-state index in [2.05, 4.69) is 0 Å². The highest BCUT2D eigenvalue weighted by Crippen LogP contribution is 2.63. The molecule has 0 radical (unpaired) electrons. The van der Waals surface area contributed by atoms with Gasteiger partial charge in [0.2, 0.25) is 0 Å². The highest BCUT2D eigenvalue weighted by Gasteiger charge is 2.64. The van der Waals surface area contributed by atoms with Crippen molar-refractivity contribution in [3.05, 3.63) is 0 Å². The molecule has 0 amide bonds. The van der Waals surface area contributed by atoms with Crippen molar-refractivity contribution in [3.8, 4) is 0 Å². The molecular weight excluding hydrogens is 152 g/mol. The molecule has 0 saturated heterocycles. The van der Waals surface area contributed by atoms with E-state index >= 15 is 0 Å². The van der Waals surface area contributed by atoms with Gasteiger partial charge in [-0.3, -0.25) is 0 Å². The summed E-state index contributed by atoms with van der Waals surface area (Å²) in [6.45, 7) is 1.97.